The number of halogens is 2. The molecule has 0 aliphatic carbocycles. The standard InChI is InChI=1S/C12H26N6.2ClH/c1-5-15-11(13)7-9(3)17-18-10(4)8-12(14)16-6-2;;/h9-10H,5-8H2,1-4H3,(H2,13,15)(H2,14,16);2*1H. The Labute approximate surface area is 134 Å². The molecular formula is C12H28Cl2N6. The molecule has 6 nitrogen and oxygen atoms in total. The van der Waals surface area contributed by atoms with E-state index in [1.807, 2.05) is 27.7 Å². The maximum absolute atomic E-state index is 5.72. The van der Waals surface area contributed by atoms with Crippen LogP contribution >= 0.6 is 24.8 Å². The minimum atomic E-state index is 0. The van der Waals surface area contributed by atoms with Gasteiger partial charge in [0.1, 0.15) is 0 Å². The van der Waals surface area contributed by atoms with Gasteiger partial charge in [-0.15, -0.1) is 24.8 Å². The molecule has 2 unspecified atom stereocenters. The van der Waals surface area contributed by atoms with Crippen molar-refractivity contribution in [3.63, 3.8) is 0 Å². The van der Waals surface area contributed by atoms with Gasteiger partial charge in [0, 0.05) is 25.9 Å². The lowest BCUT2D eigenvalue weighted by Gasteiger charge is -2.07. The molecule has 20 heavy (non-hydrogen) atoms. The molecule has 8 heteroatoms. The predicted molar refractivity (Wildman–Crippen MR) is 91.8 cm³/mol. The lowest BCUT2D eigenvalue weighted by molar-refractivity contribution is 0.637. The quantitative estimate of drug-likeness (QED) is 0.406. The zero-order valence-electron chi connectivity index (χ0n) is 12.7. The Morgan fingerprint density at radius 1 is 0.800 bits per heavy atom. The molecule has 2 atom stereocenters. The van der Waals surface area contributed by atoms with E-state index in [0.717, 1.165) is 0 Å². The average molecular weight is 327 g/mol. The van der Waals surface area contributed by atoms with Crippen LogP contribution in [0.5, 0.6) is 0 Å². The smallest absolute Gasteiger partial charge is 0.0959 e. The van der Waals surface area contributed by atoms with Crippen molar-refractivity contribution >= 4 is 36.5 Å². The molecule has 0 rings (SSSR count). The summed E-state index contributed by atoms with van der Waals surface area (Å²) in [5, 5.41) is 8.43. The summed E-state index contributed by atoms with van der Waals surface area (Å²) >= 11 is 0. The van der Waals surface area contributed by atoms with Crippen molar-refractivity contribution in [3.05, 3.63) is 0 Å². The maximum atomic E-state index is 5.72. The summed E-state index contributed by atoms with van der Waals surface area (Å²) in [4.78, 5) is 8.24. The number of hydrogen-bond acceptors (Lipinski definition) is 4. The van der Waals surface area contributed by atoms with Gasteiger partial charge in [0.25, 0.3) is 0 Å². The summed E-state index contributed by atoms with van der Waals surface area (Å²) in [6.07, 6.45) is 1.28. The molecule has 0 fully saturated rings. The van der Waals surface area contributed by atoms with E-state index in [1.54, 1.807) is 0 Å². The van der Waals surface area contributed by atoms with E-state index in [0.29, 0.717) is 37.6 Å². The Morgan fingerprint density at radius 2 is 1.10 bits per heavy atom. The first-order chi connectivity index (χ1) is 8.49. The second-order valence-electron chi connectivity index (χ2n) is 4.27. The molecular weight excluding hydrogens is 299 g/mol. The Kier molecular flexibility index (Phi) is 17.5. The molecule has 0 aliphatic rings. The van der Waals surface area contributed by atoms with E-state index in [2.05, 4.69) is 20.2 Å². The monoisotopic (exact) mass is 326 g/mol. The molecule has 0 aromatic carbocycles. The molecule has 0 aliphatic heterocycles. The van der Waals surface area contributed by atoms with Crippen LogP contribution < -0.4 is 11.5 Å². The SMILES string of the molecule is CCN=C(N)CC(C)N=NC(C)CC(N)=NCC.Cl.Cl. The third-order valence-electron chi connectivity index (χ3n) is 2.19. The van der Waals surface area contributed by atoms with Gasteiger partial charge in [0.05, 0.1) is 23.8 Å². The van der Waals surface area contributed by atoms with Gasteiger partial charge < -0.3 is 11.5 Å². The first-order valence-corrected chi connectivity index (χ1v) is 6.47. The highest BCUT2D eigenvalue weighted by atomic mass is 35.5. The van der Waals surface area contributed by atoms with Gasteiger partial charge in [-0.1, -0.05) is 0 Å². The van der Waals surface area contributed by atoms with E-state index in [9.17, 15) is 0 Å². The zero-order valence-corrected chi connectivity index (χ0v) is 14.4. The molecule has 0 saturated carbocycles. The number of nitrogens with two attached hydrogens (primary N) is 2. The van der Waals surface area contributed by atoms with Crippen molar-refractivity contribution in [1.29, 1.82) is 0 Å². The molecule has 0 saturated heterocycles. The normalized spacial score (nSPS) is 15.4. The lowest BCUT2D eigenvalue weighted by atomic mass is 10.2. The maximum Gasteiger partial charge on any atom is 0.0959 e. The number of hydrogen-bond donors (Lipinski definition) is 2. The molecule has 0 radical (unpaired) electrons. The van der Waals surface area contributed by atoms with Gasteiger partial charge in [-0.05, 0) is 27.7 Å². The number of rotatable bonds is 8. The largest absolute Gasteiger partial charge is 0.387 e. The summed E-state index contributed by atoms with van der Waals surface area (Å²) < 4.78 is 0. The van der Waals surface area contributed by atoms with Crippen LogP contribution in [0, 0.1) is 0 Å². The summed E-state index contributed by atoms with van der Waals surface area (Å²) in [6, 6.07) is 0.0965. The van der Waals surface area contributed by atoms with E-state index in [4.69, 9.17) is 11.5 Å². The third-order valence-corrected chi connectivity index (χ3v) is 2.19. The summed E-state index contributed by atoms with van der Waals surface area (Å²) in [5.74, 6) is 1.26. The van der Waals surface area contributed by atoms with Crippen LogP contribution in [-0.4, -0.2) is 36.8 Å². The summed E-state index contributed by atoms with van der Waals surface area (Å²) in [7, 11) is 0. The highest BCUT2D eigenvalue weighted by Crippen LogP contribution is 2.03. The van der Waals surface area contributed by atoms with Gasteiger partial charge in [-0.2, -0.15) is 10.2 Å². The van der Waals surface area contributed by atoms with E-state index in [1.165, 1.54) is 0 Å². The van der Waals surface area contributed by atoms with Crippen LogP contribution in [0.1, 0.15) is 40.5 Å². The minimum absolute atomic E-state index is 0. The highest BCUT2D eigenvalue weighted by Gasteiger charge is 2.05. The number of amidine groups is 2. The fraction of sp³-hybridized carbons (Fsp3) is 0.833. The van der Waals surface area contributed by atoms with E-state index < -0.39 is 0 Å². The molecule has 0 heterocycles. The Balaban J connectivity index is -0.00000144. The van der Waals surface area contributed by atoms with Crippen LogP contribution in [0.25, 0.3) is 0 Å². The molecule has 0 aromatic heterocycles. The van der Waals surface area contributed by atoms with Gasteiger partial charge in [-0.3, -0.25) is 9.98 Å². The Morgan fingerprint density at radius 3 is 1.35 bits per heavy atom. The van der Waals surface area contributed by atoms with Gasteiger partial charge in [0.2, 0.25) is 0 Å². The summed E-state index contributed by atoms with van der Waals surface area (Å²) in [6.45, 7) is 9.26. The average Bonchev–Trinajstić information content (AvgIpc) is 2.27. The van der Waals surface area contributed by atoms with E-state index >= 15 is 0 Å². The van der Waals surface area contributed by atoms with E-state index in [-0.39, 0.29) is 36.9 Å². The zero-order chi connectivity index (χ0) is 14.0. The molecule has 4 N–H and O–H groups in total. The minimum Gasteiger partial charge on any atom is -0.387 e. The van der Waals surface area contributed by atoms with Crippen LogP contribution in [0.3, 0.4) is 0 Å². The highest BCUT2D eigenvalue weighted by molar-refractivity contribution is 5.85. The third kappa shape index (κ3) is 13.5. The number of azo groups is 1. The fourth-order valence-electron chi connectivity index (χ4n) is 1.45. The molecule has 120 valence electrons. The molecule has 0 bridgehead atoms. The van der Waals surface area contributed by atoms with Crippen molar-refractivity contribution in [1.82, 2.24) is 0 Å². The second-order valence-corrected chi connectivity index (χ2v) is 4.27. The van der Waals surface area contributed by atoms with Crippen molar-refractivity contribution in [3.8, 4) is 0 Å². The number of aliphatic imine (C=N–C) groups is 2. The molecule has 0 spiro atoms. The molecule has 0 aromatic rings. The first kappa shape index (κ1) is 24.2. The molecule has 0 amide bonds. The van der Waals surface area contributed by atoms with Crippen molar-refractivity contribution in [2.45, 2.75) is 52.6 Å². The Hall–Kier alpha value is -0.880. The topological polar surface area (TPSA) is 101 Å². The fourth-order valence-corrected chi connectivity index (χ4v) is 1.45. The van der Waals surface area contributed by atoms with Crippen molar-refractivity contribution in [2.24, 2.45) is 31.7 Å². The van der Waals surface area contributed by atoms with Gasteiger partial charge in [0.15, 0.2) is 0 Å². The van der Waals surface area contributed by atoms with Crippen LogP contribution in [0.15, 0.2) is 20.2 Å². The number of nitrogens with zero attached hydrogens (tertiary/aromatic N) is 4. The predicted octanol–water partition coefficient (Wildman–Crippen LogP) is 2.59. The Bertz CT molecular complexity index is 287. The van der Waals surface area contributed by atoms with Crippen molar-refractivity contribution in [2.75, 3.05) is 13.1 Å². The van der Waals surface area contributed by atoms with Crippen LogP contribution in [0.2, 0.25) is 0 Å². The lowest BCUT2D eigenvalue weighted by Crippen LogP contribution is -2.19. The van der Waals surface area contributed by atoms with Crippen molar-refractivity contribution < 1.29 is 0 Å². The summed E-state index contributed by atoms with van der Waals surface area (Å²) in [5.41, 5.74) is 11.4. The van der Waals surface area contributed by atoms with Gasteiger partial charge >= 0.3 is 0 Å². The first-order valence-electron chi connectivity index (χ1n) is 6.47. The van der Waals surface area contributed by atoms with Crippen LogP contribution in [-0.2, 0) is 0 Å². The van der Waals surface area contributed by atoms with Crippen LogP contribution in [0.4, 0.5) is 0 Å². The van der Waals surface area contributed by atoms with Gasteiger partial charge in [-0.25, -0.2) is 0 Å². The second kappa shape index (κ2) is 14.5.